The molecular weight excluding hydrogens is 346 g/mol. The molecule has 0 radical (unpaired) electrons. The third-order valence-electron chi connectivity index (χ3n) is 5.82. The van der Waals surface area contributed by atoms with E-state index in [-0.39, 0.29) is 12.1 Å². The topological polar surface area (TPSA) is 53.6 Å². The van der Waals surface area contributed by atoms with Crippen molar-refractivity contribution in [3.05, 3.63) is 28.3 Å². The molecule has 4 rings (SSSR count). The van der Waals surface area contributed by atoms with E-state index in [2.05, 4.69) is 27.9 Å². The van der Waals surface area contributed by atoms with Crippen LogP contribution in [0.4, 0.5) is 10.5 Å². The number of carbonyl (C=O) groups excluding carboxylic acids is 1. The SMILES string of the molecule is CCN1CCOC(CSNC(=O)Nc2c3c(cc4c2CCC4)CCC3)C1. The van der Waals surface area contributed by atoms with Crippen molar-refractivity contribution in [3.63, 3.8) is 0 Å². The van der Waals surface area contributed by atoms with Crippen LogP contribution in [0.3, 0.4) is 0 Å². The molecule has 1 unspecified atom stereocenters. The molecule has 1 aliphatic heterocycles. The van der Waals surface area contributed by atoms with Crippen LogP contribution >= 0.6 is 11.9 Å². The van der Waals surface area contributed by atoms with E-state index in [0.29, 0.717) is 0 Å². The fraction of sp³-hybridized carbons (Fsp3) is 0.650. The highest BCUT2D eigenvalue weighted by Gasteiger charge is 2.25. The van der Waals surface area contributed by atoms with Crippen molar-refractivity contribution in [2.24, 2.45) is 0 Å². The maximum atomic E-state index is 12.5. The molecule has 0 saturated carbocycles. The number of nitrogens with one attached hydrogen (secondary N) is 2. The van der Waals surface area contributed by atoms with Crippen LogP contribution in [-0.2, 0) is 30.4 Å². The molecule has 2 aliphatic carbocycles. The lowest BCUT2D eigenvalue weighted by atomic mass is 9.99. The first-order valence-electron chi connectivity index (χ1n) is 9.94. The zero-order chi connectivity index (χ0) is 17.9. The Kier molecular flexibility index (Phi) is 5.72. The summed E-state index contributed by atoms with van der Waals surface area (Å²) in [7, 11) is 0. The summed E-state index contributed by atoms with van der Waals surface area (Å²) in [5, 5.41) is 3.18. The van der Waals surface area contributed by atoms with Crippen LogP contribution in [0.2, 0.25) is 0 Å². The molecule has 1 fully saturated rings. The van der Waals surface area contributed by atoms with Crippen molar-refractivity contribution in [2.75, 3.05) is 37.3 Å². The van der Waals surface area contributed by atoms with Gasteiger partial charge in [-0.3, -0.25) is 9.62 Å². The van der Waals surface area contributed by atoms with Crippen LogP contribution < -0.4 is 10.0 Å². The number of fused-ring (bicyclic) bond motifs is 2. The zero-order valence-corrected chi connectivity index (χ0v) is 16.4. The van der Waals surface area contributed by atoms with E-state index in [9.17, 15) is 4.79 Å². The van der Waals surface area contributed by atoms with Crippen LogP contribution in [0.15, 0.2) is 6.07 Å². The Labute approximate surface area is 160 Å². The van der Waals surface area contributed by atoms with Gasteiger partial charge in [-0.2, -0.15) is 0 Å². The predicted molar refractivity (Wildman–Crippen MR) is 107 cm³/mol. The number of amides is 2. The number of anilines is 1. The molecule has 0 spiro atoms. The van der Waals surface area contributed by atoms with Gasteiger partial charge in [-0.15, -0.1) is 0 Å². The molecule has 1 heterocycles. The molecule has 1 aromatic carbocycles. The molecule has 6 heteroatoms. The van der Waals surface area contributed by atoms with E-state index < -0.39 is 0 Å². The van der Waals surface area contributed by atoms with Gasteiger partial charge in [0.25, 0.3) is 0 Å². The monoisotopic (exact) mass is 375 g/mol. The molecule has 26 heavy (non-hydrogen) atoms. The minimum Gasteiger partial charge on any atom is -0.375 e. The number of hydrogen-bond donors (Lipinski definition) is 2. The van der Waals surface area contributed by atoms with Crippen molar-refractivity contribution < 1.29 is 9.53 Å². The van der Waals surface area contributed by atoms with Gasteiger partial charge in [-0.1, -0.05) is 13.0 Å². The van der Waals surface area contributed by atoms with Crippen LogP contribution in [0.5, 0.6) is 0 Å². The zero-order valence-electron chi connectivity index (χ0n) is 15.6. The van der Waals surface area contributed by atoms with Gasteiger partial charge in [0.1, 0.15) is 0 Å². The van der Waals surface area contributed by atoms with Gasteiger partial charge >= 0.3 is 6.03 Å². The number of ether oxygens (including phenoxy) is 1. The van der Waals surface area contributed by atoms with E-state index >= 15 is 0 Å². The average Bonchev–Trinajstić information content (AvgIpc) is 3.31. The van der Waals surface area contributed by atoms with Gasteiger partial charge in [0, 0.05) is 24.5 Å². The Balaban J connectivity index is 1.33. The maximum Gasteiger partial charge on any atom is 0.329 e. The smallest absolute Gasteiger partial charge is 0.329 e. The quantitative estimate of drug-likeness (QED) is 0.777. The standard InChI is InChI=1S/C20H29N3O2S/c1-2-23-9-10-25-16(12-23)13-26-22-20(24)21-19-17-7-3-5-14(17)11-15-6-4-8-18(15)19/h11,16H,2-10,12-13H2,1H3,(H2,21,22,24). The summed E-state index contributed by atoms with van der Waals surface area (Å²) in [4.78, 5) is 14.9. The van der Waals surface area contributed by atoms with Gasteiger partial charge in [-0.25, -0.2) is 4.79 Å². The summed E-state index contributed by atoms with van der Waals surface area (Å²) in [6.07, 6.45) is 7.09. The Bertz CT molecular complexity index is 647. The molecular formula is C20H29N3O2S. The van der Waals surface area contributed by atoms with Crippen LogP contribution in [0.25, 0.3) is 0 Å². The summed E-state index contributed by atoms with van der Waals surface area (Å²) in [6.45, 7) is 5.98. The Morgan fingerprint density at radius 3 is 2.65 bits per heavy atom. The third-order valence-corrected chi connectivity index (χ3v) is 6.68. The van der Waals surface area contributed by atoms with Crippen LogP contribution in [0, 0.1) is 0 Å². The second kappa shape index (κ2) is 8.19. The van der Waals surface area contributed by atoms with Gasteiger partial charge in [0.2, 0.25) is 0 Å². The highest BCUT2D eigenvalue weighted by Crippen LogP contribution is 2.38. The van der Waals surface area contributed by atoms with Gasteiger partial charge in [-0.05, 0) is 79.3 Å². The predicted octanol–water partition coefficient (Wildman–Crippen LogP) is 3.15. The Morgan fingerprint density at radius 1 is 1.23 bits per heavy atom. The number of benzene rings is 1. The summed E-state index contributed by atoms with van der Waals surface area (Å²) < 4.78 is 8.76. The number of morpholine rings is 1. The third kappa shape index (κ3) is 3.87. The van der Waals surface area contributed by atoms with Crippen LogP contribution in [0.1, 0.15) is 42.0 Å². The summed E-state index contributed by atoms with van der Waals surface area (Å²) in [5.74, 6) is 0.787. The molecule has 2 N–H and O–H groups in total. The van der Waals surface area contributed by atoms with Crippen molar-refractivity contribution in [2.45, 2.75) is 51.6 Å². The number of urea groups is 1. The van der Waals surface area contributed by atoms with Crippen molar-refractivity contribution in [1.29, 1.82) is 0 Å². The van der Waals surface area contributed by atoms with Crippen LogP contribution in [-0.4, -0.2) is 49.0 Å². The molecule has 0 aromatic heterocycles. The Hall–Kier alpha value is -1.24. The first kappa shape index (κ1) is 18.1. The molecule has 3 aliphatic rings. The fourth-order valence-corrected chi connectivity index (χ4v) is 5.13. The van der Waals surface area contributed by atoms with E-state index in [1.165, 1.54) is 47.0 Å². The van der Waals surface area contributed by atoms with Gasteiger partial charge in [0.15, 0.2) is 0 Å². The molecule has 1 aromatic rings. The fourth-order valence-electron chi connectivity index (χ4n) is 4.47. The lowest BCUT2D eigenvalue weighted by Gasteiger charge is -2.31. The van der Waals surface area contributed by atoms with Crippen molar-refractivity contribution >= 4 is 23.7 Å². The van der Waals surface area contributed by atoms with Crippen molar-refractivity contribution in [1.82, 2.24) is 9.62 Å². The highest BCUT2D eigenvalue weighted by molar-refractivity contribution is 7.97. The lowest BCUT2D eigenvalue weighted by molar-refractivity contribution is -0.0137. The highest BCUT2D eigenvalue weighted by atomic mass is 32.2. The number of nitrogens with zero attached hydrogens (tertiary/aromatic N) is 1. The molecule has 142 valence electrons. The lowest BCUT2D eigenvalue weighted by Crippen LogP contribution is -2.43. The largest absolute Gasteiger partial charge is 0.375 e. The summed E-state index contributed by atoms with van der Waals surface area (Å²) in [6, 6.07) is 2.29. The minimum absolute atomic E-state index is 0.104. The summed E-state index contributed by atoms with van der Waals surface area (Å²) >= 11 is 1.45. The molecule has 2 amide bonds. The Morgan fingerprint density at radius 2 is 1.96 bits per heavy atom. The average molecular weight is 376 g/mol. The molecule has 0 bridgehead atoms. The normalized spacial score (nSPS) is 22.1. The first-order valence-corrected chi connectivity index (χ1v) is 10.9. The molecule has 1 atom stereocenters. The van der Waals surface area contributed by atoms with E-state index in [4.69, 9.17) is 4.74 Å². The first-order chi connectivity index (χ1) is 12.7. The summed E-state index contributed by atoms with van der Waals surface area (Å²) in [5.41, 5.74) is 6.75. The minimum atomic E-state index is -0.104. The number of rotatable bonds is 5. The van der Waals surface area contributed by atoms with E-state index in [1.807, 2.05) is 0 Å². The second-order valence-corrected chi connectivity index (χ2v) is 8.31. The van der Waals surface area contributed by atoms with Gasteiger partial charge < -0.3 is 10.1 Å². The van der Waals surface area contributed by atoms with Gasteiger partial charge in [0.05, 0.1) is 12.7 Å². The van der Waals surface area contributed by atoms with E-state index in [1.54, 1.807) is 0 Å². The second-order valence-electron chi connectivity index (χ2n) is 7.49. The number of aryl methyl sites for hydroxylation is 2. The maximum absolute atomic E-state index is 12.5. The number of carbonyl (C=O) groups is 1. The van der Waals surface area contributed by atoms with E-state index in [0.717, 1.165) is 63.4 Å². The molecule has 1 saturated heterocycles. The van der Waals surface area contributed by atoms with Crippen molar-refractivity contribution in [3.8, 4) is 0 Å². The number of hydrogen-bond acceptors (Lipinski definition) is 4. The number of likely N-dealkylation sites (N-methyl/N-ethyl adjacent to an activating group) is 1. The molecule has 5 nitrogen and oxygen atoms in total.